The molecule has 94 valence electrons. The van der Waals surface area contributed by atoms with Crippen LogP contribution in [-0.2, 0) is 14.4 Å². The van der Waals surface area contributed by atoms with Gasteiger partial charge in [0.1, 0.15) is 0 Å². The summed E-state index contributed by atoms with van der Waals surface area (Å²) in [6.45, 7) is 3.64. The Morgan fingerprint density at radius 3 is 1.94 bits per heavy atom. The van der Waals surface area contributed by atoms with Gasteiger partial charge in [-0.25, -0.2) is 0 Å². The average molecular weight is 240 g/mol. The van der Waals surface area contributed by atoms with Crippen LogP contribution >= 0.6 is 0 Å². The maximum absolute atomic E-state index is 11.9. The lowest BCUT2D eigenvalue weighted by atomic mass is 10.2. The van der Waals surface area contributed by atoms with Crippen molar-refractivity contribution in [1.29, 1.82) is 0 Å². The minimum atomic E-state index is -0.884. The van der Waals surface area contributed by atoms with Gasteiger partial charge in [-0.2, -0.15) is 0 Å². The van der Waals surface area contributed by atoms with Gasteiger partial charge in [0.25, 0.3) is 0 Å². The van der Waals surface area contributed by atoms with Crippen LogP contribution in [0.1, 0.15) is 13.3 Å². The van der Waals surface area contributed by atoms with Gasteiger partial charge in [0.15, 0.2) is 0 Å². The van der Waals surface area contributed by atoms with E-state index in [1.807, 2.05) is 0 Å². The van der Waals surface area contributed by atoms with E-state index < -0.39 is 11.9 Å². The molecule has 2 atom stereocenters. The number of rotatable bonds is 2. The van der Waals surface area contributed by atoms with Crippen molar-refractivity contribution in [3.05, 3.63) is 0 Å². The fourth-order valence-corrected chi connectivity index (χ4v) is 2.22. The summed E-state index contributed by atoms with van der Waals surface area (Å²) in [5.41, 5.74) is 0. The molecule has 0 aromatic heterocycles. The first-order valence-electron chi connectivity index (χ1n) is 5.78. The molecule has 0 unspecified atom stereocenters. The van der Waals surface area contributed by atoms with Gasteiger partial charge < -0.3 is 14.9 Å². The van der Waals surface area contributed by atoms with Gasteiger partial charge in [-0.3, -0.25) is 14.4 Å². The maximum Gasteiger partial charge on any atom is 0.307 e. The van der Waals surface area contributed by atoms with E-state index in [2.05, 4.69) is 0 Å². The van der Waals surface area contributed by atoms with E-state index in [1.54, 1.807) is 9.80 Å². The molecule has 0 spiro atoms. The molecule has 0 aromatic carbocycles. The molecule has 2 rings (SSSR count). The van der Waals surface area contributed by atoms with Gasteiger partial charge >= 0.3 is 5.97 Å². The second-order valence-electron chi connectivity index (χ2n) is 4.62. The van der Waals surface area contributed by atoms with Crippen molar-refractivity contribution in [1.82, 2.24) is 9.80 Å². The van der Waals surface area contributed by atoms with Crippen LogP contribution in [0.2, 0.25) is 0 Å². The summed E-state index contributed by atoms with van der Waals surface area (Å²) in [6, 6.07) is 0. The molecule has 6 heteroatoms. The summed E-state index contributed by atoms with van der Waals surface area (Å²) in [6.07, 6.45) is 0.459. The Bertz CT molecular complexity index is 360. The van der Waals surface area contributed by atoms with Gasteiger partial charge in [0.05, 0.1) is 11.8 Å². The lowest BCUT2D eigenvalue weighted by molar-refractivity contribution is -0.143. The van der Waals surface area contributed by atoms with Crippen LogP contribution in [0.3, 0.4) is 0 Å². The fourth-order valence-electron chi connectivity index (χ4n) is 2.22. The van der Waals surface area contributed by atoms with Crippen LogP contribution in [-0.4, -0.2) is 58.9 Å². The van der Waals surface area contributed by atoms with E-state index >= 15 is 0 Å². The zero-order chi connectivity index (χ0) is 12.6. The highest BCUT2D eigenvalue weighted by Crippen LogP contribution is 2.40. The highest BCUT2D eigenvalue weighted by molar-refractivity contribution is 5.89. The fraction of sp³-hybridized carbons (Fsp3) is 0.727. The normalized spacial score (nSPS) is 27.8. The largest absolute Gasteiger partial charge is 0.481 e. The number of piperazine rings is 1. The van der Waals surface area contributed by atoms with Crippen molar-refractivity contribution in [3.63, 3.8) is 0 Å². The first kappa shape index (κ1) is 11.9. The number of aliphatic carboxylic acids is 1. The molecular formula is C11H16N2O4. The van der Waals surface area contributed by atoms with E-state index in [9.17, 15) is 14.4 Å². The predicted octanol–water partition coefficient (Wildman–Crippen LogP) is -0.602. The van der Waals surface area contributed by atoms with Gasteiger partial charge in [-0.05, 0) is 6.42 Å². The zero-order valence-electron chi connectivity index (χ0n) is 9.76. The summed E-state index contributed by atoms with van der Waals surface area (Å²) in [4.78, 5) is 37.1. The van der Waals surface area contributed by atoms with E-state index in [-0.39, 0.29) is 17.7 Å². The third-order valence-corrected chi connectivity index (χ3v) is 3.46. The summed E-state index contributed by atoms with van der Waals surface area (Å²) >= 11 is 0. The Hall–Kier alpha value is -1.59. The summed E-state index contributed by atoms with van der Waals surface area (Å²) in [7, 11) is 0. The van der Waals surface area contributed by atoms with Gasteiger partial charge in [-0.1, -0.05) is 0 Å². The predicted molar refractivity (Wildman–Crippen MR) is 58.1 cm³/mol. The number of nitrogens with zero attached hydrogens (tertiary/aromatic N) is 2. The number of hydrogen-bond donors (Lipinski definition) is 1. The number of carbonyl (C=O) groups excluding carboxylic acids is 2. The van der Waals surface area contributed by atoms with Crippen molar-refractivity contribution in [2.75, 3.05) is 26.2 Å². The maximum atomic E-state index is 11.9. The second-order valence-corrected chi connectivity index (χ2v) is 4.62. The first-order valence-corrected chi connectivity index (χ1v) is 5.78. The molecule has 6 nitrogen and oxygen atoms in total. The van der Waals surface area contributed by atoms with Crippen molar-refractivity contribution in [2.45, 2.75) is 13.3 Å². The van der Waals surface area contributed by atoms with E-state index in [0.29, 0.717) is 32.6 Å². The minimum Gasteiger partial charge on any atom is -0.481 e. The average Bonchev–Trinajstić information content (AvgIpc) is 3.08. The Morgan fingerprint density at radius 2 is 1.53 bits per heavy atom. The van der Waals surface area contributed by atoms with E-state index in [1.165, 1.54) is 6.92 Å². The molecule has 17 heavy (non-hydrogen) atoms. The minimum absolute atomic E-state index is 0.0203. The Labute approximate surface area is 99.2 Å². The summed E-state index contributed by atoms with van der Waals surface area (Å²) in [5, 5.41) is 8.76. The number of hydrogen-bond acceptors (Lipinski definition) is 3. The van der Waals surface area contributed by atoms with Crippen LogP contribution in [0, 0.1) is 11.8 Å². The Kier molecular flexibility index (Phi) is 3.04. The molecule has 1 N–H and O–H groups in total. The highest BCUT2D eigenvalue weighted by Gasteiger charge is 2.50. The van der Waals surface area contributed by atoms with E-state index in [0.717, 1.165) is 0 Å². The van der Waals surface area contributed by atoms with Gasteiger partial charge in [0, 0.05) is 33.1 Å². The van der Waals surface area contributed by atoms with Crippen LogP contribution in [0.15, 0.2) is 0 Å². The molecule has 0 aromatic rings. The van der Waals surface area contributed by atoms with Crippen molar-refractivity contribution >= 4 is 17.8 Å². The molecule has 1 aliphatic heterocycles. The Balaban J connectivity index is 1.83. The number of carbonyl (C=O) groups is 3. The molecule has 1 aliphatic carbocycles. The van der Waals surface area contributed by atoms with E-state index in [4.69, 9.17) is 5.11 Å². The molecule has 1 saturated heterocycles. The molecular weight excluding hydrogens is 224 g/mol. The third-order valence-electron chi connectivity index (χ3n) is 3.46. The van der Waals surface area contributed by atoms with Gasteiger partial charge in [0.2, 0.25) is 11.8 Å². The zero-order valence-corrected chi connectivity index (χ0v) is 9.76. The molecule has 0 radical (unpaired) electrons. The lowest BCUT2D eigenvalue weighted by Gasteiger charge is -2.34. The quantitative estimate of drug-likeness (QED) is 0.699. The van der Waals surface area contributed by atoms with Crippen molar-refractivity contribution in [2.24, 2.45) is 11.8 Å². The Morgan fingerprint density at radius 1 is 1.00 bits per heavy atom. The molecule has 0 bridgehead atoms. The third kappa shape index (κ3) is 2.40. The topological polar surface area (TPSA) is 77.9 Å². The second kappa shape index (κ2) is 4.35. The summed E-state index contributed by atoms with van der Waals surface area (Å²) in [5.74, 6) is -1.76. The number of carboxylic acid groups (broad SMARTS) is 1. The van der Waals surface area contributed by atoms with Crippen LogP contribution < -0.4 is 0 Å². The first-order chi connectivity index (χ1) is 8.00. The number of carboxylic acids is 1. The van der Waals surface area contributed by atoms with Crippen LogP contribution in [0.25, 0.3) is 0 Å². The summed E-state index contributed by atoms with van der Waals surface area (Å²) < 4.78 is 0. The van der Waals surface area contributed by atoms with Crippen molar-refractivity contribution in [3.8, 4) is 0 Å². The van der Waals surface area contributed by atoms with Crippen LogP contribution in [0.5, 0.6) is 0 Å². The highest BCUT2D eigenvalue weighted by atomic mass is 16.4. The molecule has 2 amide bonds. The van der Waals surface area contributed by atoms with Crippen molar-refractivity contribution < 1.29 is 19.5 Å². The lowest BCUT2D eigenvalue weighted by Crippen LogP contribution is -2.50. The van der Waals surface area contributed by atoms with Crippen LogP contribution in [0.4, 0.5) is 0 Å². The molecule has 2 aliphatic rings. The molecule has 2 fully saturated rings. The molecule has 1 saturated carbocycles. The van der Waals surface area contributed by atoms with Gasteiger partial charge in [-0.15, -0.1) is 0 Å². The molecule has 1 heterocycles. The monoisotopic (exact) mass is 240 g/mol. The number of amides is 2. The smallest absolute Gasteiger partial charge is 0.307 e. The standard InChI is InChI=1S/C11H16N2O4/c1-7(14)12-2-4-13(5-3-12)10(15)8-6-9(8)11(16)17/h8-9H,2-6H2,1H3,(H,16,17)/t8-,9+/m1/s1. The SMILES string of the molecule is CC(=O)N1CCN(C(=O)[C@@H]2C[C@@H]2C(=O)O)CC1.